The van der Waals surface area contributed by atoms with Crippen LogP contribution in [0.5, 0.6) is 5.75 Å². The van der Waals surface area contributed by atoms with Gasteiger partial charge in [-0.3, -0.25) is 0 Å². The maximum Gasteiger partial charge on any atom is 0.161 e. The average Bonchev–Trinajstić information content (AvgIpc) is 2.25. The molecule has 0 saturated carbocycles. The van der Waals surface area contributed by atoms with E-state index in [-0.39, 0.29) is 12.5 Å². The Morgan fingerprint density at radius 1 is 1.31 bits per heavy atom. The van der Waals surface area contributed by atoms with E-state index < -0.39 is 0 Å². The summed E-state index contributed by atoms with van der Waals surface area (Å²) in [4.78, 5) is 8.50. The second-order valence-corrected chi connectivity index (χ2v) is 4.56. The lowest BCUT2D eigenvalue weighted by Crippen LogP contribution is -2.09. The van der Waals surface area contributed by atoms with Gasteiger partial charge in [0.15, 0.2) is 5.75 Å². The zero-order valence-corrected chi connectivity index (χ0v) is 10.4. The molecule has 1 aromatic heterocycles. The normalized spacial score (nSPS) is 11.2. The van der Waals surface area contributed by atoms with Gasteiger partial charge in [-0.05, 0) is 5.92 Å². The van der Waals surface area contributed by atoms with Crippen molar-refractivity contribution in [2.24, 2.45) is 5.92 Å². The van der Waals surface area contributed by atoms with Crippen LogP contribution in [0.15, 0.2) is 6.20 Å². The average molecular weight is 224 g/mol. The van der Waals surface area contributed by atoms with E-state index in [0.29, 0.717) is 24.0 Å². The van der Waals surface area contributed by atoms with E-state index in [9.17, 15) is 5.11 Å². The topological polar surface area (TPSA) is 55.2 Å². The highest BCUT2D eigenvalue weighted by atomic mass is 16.5. The van der Waals surface area contributed by atoms with Crippen LogP contribution in [0.3, 0.4) is 0 Å². The van der Waals surface area contributed by atoms with E-state index >= 15 is 0 Å². The van der Waals surface area contributed by atoms with Crippen LogP contribution in [0.25, 0.3) is 0 Å². The molecule has 4 nitrogen and oxygen atoms in total. The molecule has 1 N–H and O–H groups in total. The van der Waals surface area contributed by atoms with Gasteiger partial charge >= 0.3 is 0 Å². The van der Waals surface area contributed by atoms with Crippen molar-refractivity contribution in [3.8, 4) is 5.75 Å². The minimum Gasteiger partial charge on any atom is -0.490 e. The lowest BCUT2D eigenvalue weighted by Gasteiger charge is -2.12. The Hall–Kier alpha value is -1.16. The lowest BCUT2D eigenvalue weighted by atomic mass is 10.2. The highest BCUT2D eigenvalue weighted by Crippen LogP contribution is 2.18. The zero-order chi connectivity index (χ0) is 12.1. The van der Waals surface area contributed by atoms with Crippen LogP contribution in [0.2, 0.25) is 0 Å². The summed E-state index contributed by atoms with van der Waals surface area (Å²) >= 11 is 0. The van der Waals surface area contributed by atoms with Gasteiger partial charge in [-0.25, -0.2) is 9.97 Å². The fourth-order valence-corrected chi connectivity index (χ4v) is 1.19. The Kier molecular flexibility index (Phi) is 4.68. The first-order chi connectivity index (χ1) is 7.54. The standard InChI is InChI=1S/C12H20N2O2/c1-8(2)7-16-11-5-13-12(9(3)4)14-10(11)6-15/h5,8-9,15H,6-7H2,1-4H3. The van der Waals surface area contributed by atoms with Crippen LogP contribution in [-0.4, -0.2) is 21.7 Å². The summed E-state index contributed by atoms with van der Waals surface area (Å²) in [6.45, 7) is 8.67. The van der Waals surface area contributed by atoms with E-state index in [1.165, 1.54) is 0 Å². The van der Waals surface area contributed by atoms with Crippen molar-refractivity contribution in [2.75, 3.05) is 6.61 Å². The number of hydrogen-bond donors (Lipinski definition) is 1. The van der Waals surface area contributed by atoms with Crippen LogP contribution in [0.4, 0.5) is 0 Å². The molecule has 0 aliphatic carbocycles. The Morgan fingerprint density at radius 2 is 2.00 bits per heavy atom. The van der Waals surface area contributed by atoms with Crippen molar-refractivity contribution in [3.05, 3.63) is 17.7 Å². The van der Waals surface area contributed by atoms with Gasteiger partial charge in [-0.2, -0.15) is 0 Å². The molecule has 90 valence electrons. The van der Waals surface area contributed by atoms with Crippen molar-refractivity contribution in [2.45, 2.75) is 40.2 Å². The number of aliphatic hydroxyl groups excluding tert-OH is 1. The van der Waals surface area contributed by atoms with Crippen LogP contribution in [0.1, 0.15) is 45.1 Å². The third-order valence-corrected chi connectivity index (χ3v) is 2.09. The van der Waals surface area contributed by atoms with E-state index in [4.69, 9.17) is 4.74 Å². The van der Waals surface area contributed by atoms with E-state index in [0.717, 1.165) is 5.82 Å². The molecule has 0 aliphatic rings. The molecule has 0 fully saturated rings. The number of aliphatic hydroxyl groups is 1. The fourth-order valence-electron chi connectivity index (χ4n) is 1.19. The first-order valence-corrected chi connectivity index (χ1v) is 5.64. The minimum atomic E-state index is -0.115. The van der Waals surface area contributed by atoms with Crippen molar-refractivity contribution < 1.29 is 9.84 Å². The van der Waals surface area contributed by atoms with Crippen LogP contribution in [0, 0.1) is 5.92 Å². The molecule has 0 aliphatic heterocycles. The zero-order valence-electron chi connectivity index (χ0n) is 10.4. The summed E-state index contributed by atoms with van der Waals surface area (Å²) in [5.41, 5.74) is 0.569. The highest BCUT2D eigenvalue weighted by Gasteiger charge is 2.10. The molecule has 0 atom stereocenters. The predicted octanol–water partition coefficient (Wildman–Crippen LogP) is 2.13. The molecule has 0 spiro atoms. The molecular formula is C12H20N2O2. The van der Waals surface area contributed by atoms with Crippen molar-refractivity contribution in [1.82, 2.24) is 9.97 Å². The third-order valence-electron chi connectivity index (χ3n) is 2.09. The molecule has 0 radical (unpaired) electrons. The molecule has 4 heteroatoms. The van der Waals surface area contributed by atoms with Gasteiger partial charge in [-0.15, -0.1) is 0 Å². The van der Waals surface area contributed by atoms with Gasteiger partial charge in [0.05, 0.1) is 19.4 Å². The summed E-state index contributed by atoms with van der Waals surface area (Å²) in [7, 11) is 0. The van der Waals surface area contributed by atoms with Crippen LogP contribution >= 0.6 is 0 Å². The smallest absolute Gasteiger partial charge is 0.161 e. The molecule has 0 aromatic carbocycles. The maximum atomic E-state index is 9.22. The molecule has 0 saturated heterocycles. The third kappa shape index (κ3) is 3.45. The molecule has 0 amide bonds. The van der Waals surface area contributed by atoms with Gasteiger partial charge in [0.25, 0.3) is 0 Å². The Bertz CT molecular complexity index is 338. The first kappa shape index (κ1) is 12.9. The molecule has 1 heterocycles. The van der Waals surface area contributed by atoms with Crippen molar-refractivity contribution in [3.63, 3.8) is 0 Å². The monoisotopic (exact) mass is 224 g/mol. The van der Waals surface area contributed by atoms with Gasteiger partial charge in [0.1, 0.15) is 11.5 Å². The number of rotatable bonds is 5. The number of hydrogen-bond acceptors (Lipinski definition) is 4. The molecule has 0 unspecified atom stereocenters. The van der Waals surface area contributed by atoms with Gasteiger partial charge in [-0.1, -0.05) is 27.7 Å². The van der Waals surface area contributed by atoms with Crippen molar-refractivity contribution in [1.29, 1.82) is 0 Å². The van der Waals surface area contributed by atoms with Crippen LogP contribution < -0.4 is 4.74 Å². The Balaban J connectivity index is 2.84. The second-order valence-electron chi connectivity index (χ2n) is 4.56. The lowest BCUT2D eigenvalue weighted by molar-refractivity contribution is 0.239. The first-order valence-electron chi connectivity index (χ1n) is 5.64. The molecule has 0 bridgehead atoms. The largest absolute Gasteiger partial charge is 0.490 e. The van der Waals surface area contributed by atoms with Crippen LogP contribution in [-0.2, 0) is 6.61 Å². The minimum absolute atomic E-state index is 0.115. The number of aromatic nitrogens is 2. The number of ether oxygens (including phenoxy) is 1. The summed E-state index contributed by atoms with van der Waals surface area (Å²) in [6, 6.07) is 0. The van der Waals surface area contributed by atoms with Gasteiger partial charge in [0.2, 0.25) is 0 Å². The SMILES string of the molecule is CC(C)COc1cnc(C(C)C)nc1CO. The molecule has 16 heavy (non-hydrogen) atoms. The van der Waals surface area contributed by atoms with Crippen molar-refractivity contribution >= 4 is 0 Å². The summed E-state index contributed by atoms with van der Waals surface area (Å²) < 4.78 is 5.54. The van der Waals surface area contributed by atoms with E-state index in [2.05, 4.69) is 23.8 Å². The summed E-state index contributed by atoms with van der Waals surface area (Å²) in [5.74, 6) is 2.02. The number of nitrogens with zero attached hydrogens (tertiary/aromatic N) is 2. The second kappa shape index (κ2) is 5.80. The van der Waals surface area contributed by atoms with E-state index in [1.807, 2.05) is 13.8 Å². The summed E-state index contributed by atoms with van der Waals surface area (Å²) in [5, 5.41) is 9.22. The summed E-state index contributed by atoms with van der Waals surface area (Å²) in [6.07, 6.45) is 1.65. The Morgan fingerprint density at radius 3 is 2.50 bits per heavy atom. The quantitative estimate of drug-likeness (QED) is 0.832. The molecular weight excluding hydrogens is 204 g/mol. The predicted molar refractivity (Wildman–Crippen MR) is 62.4 cm³/mol. The van der Waals surface area contributed by atoms with Gasteiger partial charge in [0, 0.05) is 5.92 Å². The maximum absolute atomic E-state index is 9.22. The van der Waals surface area contributed by atoms with E-state index in [1.54, 1.807) is 6.20 Å². The molecule has 1 rings (SSSR count). The molecule has 1 aromatic rings. The fraction of sp³-hybridized carbons (Fsp3) is 0.667. The highest BCUT2D eigenvalue weighted by molar-refractivity contribution is 5.24. The van der Waals surface area contributed by atoms with Gasteiger partial charge < -0.3 is 9.84 Å². The Labute approximate surface area is 96.7 Å².